The molecule has 1 rings (SSSR count). The van der Waals surface area contributed by atoms with Gasteiger partial charge in [-0.25, -0.2) is 0 Å². The predicted octanol–water partition coefficient (Wildman–Crippen LogP) is 1.67. The van der Waals surface area contributed by atoms with E-state index < -0.39 is 0 Å². The van der Waals surface area contributed by atoms with E-state index in [0.717, 1.165) is 5.56 Å². The van der Waals surface area contributed by atoms with Gasteiger partial charge in [-0.3, -0.25) is 4.79 Å². The van der Waals surface area contributed by atoms with E-state index in [1.165, 1.54) is 11.8 Å². The molecular formula is C11H12N2OS. The first kappa shape index (κ1) is 11.6. The van der Waals surface area contributed by atoms with Gasteiger partial charge in [0.2, 0.25) is 5.91 Å². The van der Waals surface area contributed by atoms with Crippen LogP contribution in [0.1, 0.15) is 18.1 Å². The summed E-state index contributed by atoms with van der Waals surface area (Å²) in [6, 6.07) is 9.42. The molecule has 1 aromatic rings. The molecule has 4 heteroatoms. The fourth-order valence-corrected chi connectivity index (χ4v) is 1.82. The molecule has 0 saturated heterocycles. The molecule has 0 aliphatic rings. The molecule has 1 unspecified atom stereocenters. The number of carbonyl (C=O) groups excluding carboxylic acids is 1. The molecule has 0 aliphatic carbocycles. The van der Waals surface area contributed by atoms with Crippen molar-refractivity contribution in [1.82, 2.24) is 0 Å². The highest BCUT2D eigenvalue weighted by atomic mass is 32.2. The summed E-state index contributed by atoms with van der Waals surface area (Å²) in [5.41, 5.74) is 6.82. The molecule has 1 aromatic carbocycles. The average Bonchev–Trinajstić information content (AvgIpc) is 2.26. The molecule has 0 saturated carbocycles. The lowest BCUT2D eigenvalue weighted by Gasteiger charge is -2.06. The molecule has 0 spiro atoms. The van der Waals surface area contributed by atoms with Gasteiger partial charge in [0.25, 0.3) is 0 Å². The van der Waals surface area contributed by atoms with E-state index in [1.807, 2.05) is 18.2 Å². The van der Waals surface area contributed by atoms with Crippen LogP contribution in [0, 0.1) is 11.3 Å². The maximum atomic E-state index is 10.8. The van der Waals surface area contributed by atoms with Gasteiger partial charge in [0.1, 0.15) is 0 Å². The standard InChI is InChI=1S/C11H12N2OS/c1-8(11(13)14)15-7-10-4-2-3-9(5-10)6-12/h2-5,8H,7H2,1H3,(H2,13,14). The minimum atomic E-state index is -0.309. The predicted molar refractivity (Wildman–Crippen MR) is 61.1 cm³/mol. The number of primary amides is 1. The van der Waals surface area contributed by atoms with E-state index in [-0.39, 0.29) is 11.2 Å². The van der Waals surface area contributed by atoms with Gasteiger partial charge in [0, 0.05) is 5.75 Å². The van der Waals surface area contributed by atoms with Crippen LogP contribution in [0.15, 0.2) is 24.3 Å². The van der Waals surface area contributed by atoms with E-state index in [0.29, 0.717) is 11.3 Å². The first-order valence-electron chi connectivity index (χ1n) is 4.53. The lowest BCUT2D eigenvalue weighted by molar-refractivity contribution is -0.117. The van der Waals surface area contributed by atoms with Crippen LogP contribution in [0.3, 0.4) is 0 Å². The van der Waals surface area contributed by atoms with Crippen molar-refractivity contribution < 1.29 is 4.79 Å². The Hall–Kier alpha value is -1.47. The third-order valence-corrected chi connectivity index (χ3v) is 3.19. The van der Waals surface area contributed by atoms with Crippen molar-refractivity contribution in [2.45, 2.75) is 17.9 Å². The maximum Gasteiger partial charge on any atom is 0.230 e. The van der Waals surface area contributed by atoms with Crippen molar-refractivity contribution in [2.75, 3.05) is 0 Å². The third kappa shape index (κ3) is 3.64. The average molecular weight is 220 g/mol. The molecule has 2 N–H and O–H groups in total. The summed E-state index contributed by atoms with van der Waals surface area (Å²) < 4.78 is 0. The third-order valence-electron chi connectivity index (χ3n) is 1.96. The SMILES string of the molecule is CC(SCc1cccc(C#N)c1)C(N)=O. The van der Waals surface area contributed by atoms with E-state index >= 15 is 0 Å². The number of rotatable bonds is 4. The van der Waals surface area contributed by atoms with Gasteiger partial charge >= 0.3 is 0 Å². The Kier molecular flexibility index (Phi) is 4.19. The lowest BCUT2D eigenvalue weighted by atomic mass is 10.2. The number of nitrogens with two attached hydrogens (primary N) is 1. The van der Waals surface area contributed by atoms with E-state index in [9.17, 15) is 4.79 Å². The Balaban J connectivity index is 2.58. The Morgan fingerprint density at radius 3 is 3.00 bits per heavy atom. The first-order valence-corrected chi connectivity index (χ1v) is 5.58. The van der Waals surface area contributed by atoms with E-state index in [2.05, 4.69) is 6.07 Å². The zero-order chi connectivity index (χ0) is 11.3. The second kappa shape index (κ2) is 5.42. The van der Waals surface area contributed by atoms with Crippen molar-refractivity contribution in [2.24, 2.45) is 5.73 Å². The molecule has 0 fully saturated rings. The summed E-state index contributed by atoms with van der Waals surface area (Å²) in [4.78, 5) is 10.8. The van der Waals surface area contributed by atoms with Gasteiger partial charge in [-0.05, 0) is 24.6 Å². The molecule has 0 radical (unpaired) electrons. The van der Waals surface area contributed by atoms with Crippen LogP contribution in [-0.2, 0) is 10.5 Å². The quantitative estimate of drug-likeness (QED) is 0.839. The minimum absolute atomic E-state index is 0.198. The maximum absolute atomic E-state index is 10.8. The molecule has 15 heavy (non-hydrogen) atoms. The molecule has 1 amide bonds. The lowest BCUT2D eigenvalue weighted by Crippen LogP contribution is -2.22. The molecule has 3 nitrogen and oxygen atoms in total. The van der Waals surface area contributed by atoms with Gasteiger partial charge in [-0.2, -0.15) is 5.26 Å². The van der Waals surface area contributed by atoms with Crippen molar-refractivity contribution in [1.29, 1.82) is 5.26 Å². The molecule has 1 atom stereocenters. The normalized spacial score (nSPS) is 11.7. The molecular weight excluding hydrogens is 208 g/mol. The van der Waals surface area contributed by atoms with Crippen molar-refractivity contribution >= 4 is 17.7 Å². The van der Waals surface area contributed by atoms with Crippen LogP contribution in [-0.4, -0.2) is 11.2 Å². The fourth-order valence-electron chi connectivity index (χ4n) is 1.03. The molecule has 78 valence electrons. The van der Waals surface area contributed by atoms with Gasteiger partial charge in [0.05, 0.1) is 16.9 Å². The number of carbonyl (C=O) groups is 1. The minimum Gasteiger partial charge on any atom is -0.369 e. The second-order valence-corrected chi connectivity index (χ2v) is 4.50. The van der Waals surface area contributed by atoms with Gasteiger partial charge in [-0.15, -0.1) is 11.8 Å². The Morgan fingerprint density at radius 1 is 1.67 bits per heavy atom. The summed E-state index contributed by atoms with van der Waals surface area (Å²) >= 11 is 1.47. The highest BCUT2D eigenvalue weighted by Gasteiger charge is 2.08. The van der Waals surface area contributed by atoms with Crippen LogP contribution in [0.5, 0.6) is 0 Å². The van der Waals surface area contributed by atoms with Crippen LogP contribution in [0.4, 0.5) is 0 Å². The zero-order valence-electron chi connectivity index (χ0n) is 8.43. The van der Waals surface area contributed by atoms with E-state index in [1.54, 1.807) is 13.0 Å². The Bertz CT molecular complexity index is 398. The fraction of sp³-hybridized carbons (Fsp3) is 0.273. The van der Waals surface area contributed by atoms with Gasteiger partial charge < -0.3 is 5.73 Å². The van der Waals surface area contributed by atoms with Crippen LogP contribution >= 0.6 is 11.8 Å². The number of hydrogen-bond acceptors (Lipinski definition) is 3. The van der Waals surface area contributed by atoms with Crippen molar-refractivity contribution in [3.63, 3.8) is 0 Å². The molecule has 0 bridgehead atoms. The van der Waals surface area contributed by atoms with Gasteiger partial charge in [-0.1, -0.05) is 12.1 Å². The highest BCUT2D eigenvalue weighted by molar-refractivity contribution is 7.99. The topological polar surface area (TPSA) is 66.9 Å². The molecule has 0 heterocycles. The number of hydrogen-bond donors (Lipinski definition) is 1. The monoisotopic (exact) mass is 220 g/mol. The largest absolute Gasteiger partial charge is 0.369 e. The Morgan fingerprint density at radius 2 is 2.40 bits per heavy atom. The van der Waals surface area contributed by atoms with Crippen LogP contribution < -0.4 is 5.73 Å². The number of amides is 1. The number of nitriles is 1. The Labute approximate surface area is 93.3 Å². The molecule has 0 aromatic heterocycles. The highest BCUT2D eigenvalue weighted by Crippen LogP contribution is 2.17. The summed E-state index contributed by atoms with van der Waals surface area (Å²) in [6.07, 6.45) is 0. The summed E-state index contributed by atoms with van der Waals surface area (Å²) in [6.45, 7) is 1.78. The molecule has 0 aliphatic heterocycles. The summed E-state index contributed by atoms with van der Waals surface area (Å²) in [5.74, 6) is 0.385. The number of nitrogens with zero attached hydrogens (tertiary/aromatic N) is 1. The van der Waals surface area contributed by atoms with Crippen LogP contribution in [0.2, 0.25) is 0 Å². The smallest absolute Gasteiger partial charge is 0.230 e. The van der Waals surface area contributed by atoms with Crippen molar-refractivity contribution in [3.8, 4) is 6.07 Å². The zero-order valence-corrected chi connectivity index (χ0v) is 9.25. The first-order chi connectivity index (χ1) is 7.13. The second-order valence-electron chi connectivity index (χ2n) is 3.17. The van der Waals surface area contributed by atoms with Gasteiger partial charge in [0.15, 0.2) is 0 Å². The number of benzene rings is 1. The van der Waals surface area contributed by atoms with Crippen molar-refractivity contribution in [3.05, 3.63) is 35.4 Å². The summed E-state index contributed by atoms with van der Waals surface area (Å²) in [5, 5.41) is 8.50. The summed E-state index contributed by atoms with van der Waals surface area (Å²) in [7, 11) is 0. The van der Waals surface area contributed by atoms with Crippen LogP contribution in [0.25, 0.3) is 0 Å². The van der Waals surface area contributed by atoms with E-state index in [4.69, 9.17) is 11.0 Å². The number of thioether (sulfide) groups is 1.